The van der Waals surface area contributed by atoms with Crippen LogP contribution in [-0.2, 0) is 40.0 Å². The molecule has 3 rings (SSSR count). The van der Waals surface area contributed by atoms with Crippen molar-refractivity contribution in [2.24, 2.45) is 63.1 Å². The van der Waals surface area contributed by atoms with E-state index < -0.39 is 69.2 Å². The van der Waals surface area contributed by atoms with E-state index in [0.29, 0.717) is 25.4 Å². The first-order valence-electron chi connectivity index (χ1n) is 25.7. The molecule has 10 heteroatoms. The van der Waals surface area contributed by atoms with Crippen molar-refractivity contribution in [3.63, 3.8) is 0 Å². The number of allylic oxidation sites excluding steroid dienone is 3. The van der Waals surface area contributed by atoms with Crippen LogP contribution >= 0.6 is 0 Å². The normalized spacial score (nSPS) is 22.7. The van der Waals surface area contributed by atoms with Crippen molar-refractivity contribution in [1.82, 2.24) is 10.6 Å². The summed E-state index contributed by atoms with van der Waals surface area (Å²) in [7, 11) is 0. The zero-order valence-corrected chi connectivity index (χ0v) is 45.0. The van der Waals surface area contributed by atoms with Gasteiger partial charge in [0.25, 0.3) is 0 Å². The third-order valence-electron chi connectivity index (χ3n) is 18.0. The minimum atomic E-state index is -1.14. The first-order chi connectivity index (χ1) is 31.1. The summed E-state index contributed by atoms with van der Waals surface area (Å²) in [6.45, 7) is 35.8. The van der Waals surface area contributed by atoms with Crippen LogP contribution in [0.3, 0.4) is 0 Å². The van der Waals surface area contributed by atoms with Gasteiger partial charge in [-0.1, -0.05) is 151 Å². The molecule has 9 unspecified atom stereocenters. The molecule has 9 atom stereocenters. The molecular weight excluding hydrogens is 841 g/mol. The van der Waals surface area contributed by atoms with Crippen LogP contribution in [-0.4, -0.2) is 65.4 Å². The van der Waals surface area contributed by atoms with Crippen molar-refractivity contribution in [2.45, 2.75) is 199 Å². The number of ketones is 1. The summed E-state index contributed by atoms with van der Waals surface area (Å²) in [5, 5.41) is 19.6. The number of aliphatic hydroxyl groups is 1. The number of Topliss-reactive ketones (excluding diaryl/α,β-unsaturated/α-hetero) is 1. The van der Waals surface area contributed by atoms with E-state index in [-0.39, 0.29) is 54.7 Å². The molecule has 2 aliphatic carbocycles. The number of hydrogen-bond acceptors (Lipinski definition) is 9. The largest absolute Gasteiger partial charge is 0.465 e. The van der Waals surface area contributed by atoms with Crippen molar-refractivity contribution in [3.05, 3.63) is 60.2 Å². The summed E-state index contributed by atoms with van der Waals surface area (Å²) in [5.74, 6) is -3.04. The van der Waals surface area contributed by atoms with Crippen LogP contribution in [0.4, 0.5) is 0 Å². The average molecular weight is 935 g/mol. The van der Waals surface area contributed by atoms with Crippen LogP contribution < -0.4 is 10.6 Å². The second-order valence-corrected chi connectivity index (χ2v) is 23.1. The molecule has 1 amide bonds. The molecule has 1 fully saturated rings. The Bertz CT molecular complexity index is 1830. The molecule has 0 heterocycles. The summed E-state index contributed by atoms with van der Waals surface area (Å²) in [5.41, 5.74) is -3.77. The Labute approximate surface area is 407 Å². The van der Waals surface area contributed by atoms with Gasteiger partial charge in [-0.15, -0.1) is 0 Å². The Hall–Kier alpha value is -3.34. The Morgan fingerprint density at radius 2 is 1.51 bits per heavy atom. The third kappa shape index (κ3) is 13.5. The highest BCUT2D eigenvalue weighted by Crippen LogP contribution is 2.68. The van der Waals surface area contributed by atoms with Gasteiger partial charge in [0.2, 0.25) is 5.91 Å². The molecule has 1 saturated carbocycles. The van der Waals surface area contributed by atoms with Gasteiger partial charge in [-0.05, 0) is 100 Å². The molecule has 67 heavy (non-hydrogen) atoms. The average Bonchev–Trinajstić information content (AvgIpc) is 3.99. The van der Waals surface area contributed by atoms with E-state index in [0.717, 1.165) is 37.7 Å². The molecule has 380 valence electrons. The Balaban J connectivity index is 2.05. The predicted octanol–water partition coefficient (Wildman–Crippen LogP) is 11.6. The first-order valence-corrected chi connectivity index (χ1v) is 25.7. The molecular formula is C57H94N2O8. The molecule has 0 saturated heterocycles. The van der Waals surface area contributed by atoms with Crippen LogP contribution in [0.15, 0.2) is 54.6 Å². The maximum absolute atomic E-state index is 15.3. The minimum absolute atomic E-state index is 0.000371. The summed E-state index contributed by atoms with van der Waals surface area (Å²) in [4.78, 5) is 56.8. The topological polar surface area (TPSA) is 140 Å². The van der Waals surface area contributed by atoms with Gasteiger partial charge >= 0.3 is 11.9 Å². The summed E-state index contributed by atoms with van der Waals surface area (Å²) >= 11 is 0. The maximum atomic E-state index is 15.3. The summed E-state index contributed by atoms with van der Waals surface area (Å²) in [6, 6.07) is 9.42. The maximum Gasteiger partial charge on any atom is 0.310 e. The number of carbonyl (C=O) groups excluding carboxylic acids is 4. The van der Waals surface area contributed by atoms with E-state index in [9.17, 15) is 19.5 Å². The SMILES string of the molecule is CCC(CC)CCOC(CC(C)(C)C(C)(C)NC(O)C1C(C(=O)OCC2C=CC=CC2)C1(CC)C(C)(C)NC(=O)C(CC(=O)OCc1ccccc1)C(C)(CC)C(C)(C)C(C)C(C)=O)C(C)C. The van der Waals surface area contributed by atoms with Crippen molar-refractivity contribution in [3.8, 4) is 0 Å². The fraction of sp³-hybridized carbons (Fsp3) is 0.754. The van der Waals surface area contributed by atoms with Gasteiger partial charge in [-0.25, -0.2) is 0 Å². The highest BCUT2D eigenvalue weighted by Gasteiger charge is 2.76. The lowest BCUT2D eigenvalue weighted by atomic mass is 9.53. The zero-order valence-electron chi connectivity index (χ0n) is 45.0. The van der Waals surface area contributed by atoms with Crippen LogP contribution in [0.2, 0.25) is 0 Å². The number of carbonyl (C=O) groups is 4. The third-order valence-corrected chi connectivity index (χ3v) is 18.0. The van der Waals surface area contributed by atoms with Gasteiger partial charge in [0.15, 0.2) is 0 Å². The van der Waals surface area contributed by atoms with Crippen LogP contribution in [0.25, 0.3) is 0 Å². The van der Waals surface area contributed by atoms with Crippen LogP contribution in [0.1, 0.15) is 175 Å². The Morgan fingerprint density at radius 1 is 0.881 bits per heavy atom. The molecule has 2 aliphatic rings. The fourth-order valence-electron chi connectivity index (χ4n) is 11.2. The van der Waals surface area contributed by atoms with Gasteiger partial charge in [0, 0.05) is 40.9 Å². The van der Waals surface area contributed by atoms with E-state index in [2.05, 4.69) is 72.1 Å². The van der Waals surface area contributed by atoms with E-state index >= 15 is 4.79 Å². The molecule has 10 nitrogen and oxygen atoms in total. The monoisotopic (exact) mass is 935 g/mol. The Morgan fingerprint density at radius 3 is 2.03 bits per heavy atom. The molecule has 0 spiro atoms. The molecule has 0 radical (unpaired) electrons. The number of esters is 2. The lowest BCUT2D eigenvalue weighted by molar-refractivity contribution is -0.156. The lowest BCUT2D eigenvalue weighted by Crippen LogP contribution is -2.60. The zero-order chi connectivity index (χ0) is 50.8. The molecule has 0 bridgehead atoms. The van der Waals surface area contributed by atoms with Crippen molar-refractivity contribution < 1.29 is 38.5 Å². The van der Waals surface area contributed by atoms with E-state index in [4.69, 9.17) is 14.2 Å². The number of amides is 1. The Kier molecular flexibility index (Phi) is 20.8. The van der Waals surface area contributed by atoms with E-state index in [1.54, 1.807) is 6.92 Å². The predicted molar refractivity (Wildman–Crippen MR) is 271 cm³/mol. The molecule has 1 aromatic carbocycles. The second-order valence-electron chi connectivity index (χ2n) is 23.1. The molecule has 0 aromatic heterocycles. The number of benzene rings is 1. The van der Waals surface area contributed by atoms with Gasteiger partial charge in [-0.3, -0.25) is 24.5 Å². The lowest BCUT2D eigenvalue weighted by Gasteiger charge is -2.51. The summed E-state index contributed by atoms with van der Waals surface area (Å²) in [6.07, 6.45) is 12.5. The number of aliphatic hydroxyl groups excluding tert-OH is 1. The van der Waals surface area contributed by atoms with Crippen molar-refractivity contribution >= 4 is 23.6 Å². The van der Waals surface area contributed by atoms with Crippen LogP contribution in [0, 0.1) is 63.1 Å². The molecule has 0 aliphatic heterocycles. The number of nitrogens with one attached hydrogen (secondary N) is 2. The van der Waals surface area contributed by atoms with E-state index in [1.165, 1.54) is 0 Å². The van der Waals surface area contributed by atoms with Gasteiger partial charge in [0.05, 0.1) is 31.0 Å². The highest BCUT2D eigenvalue weighted by atomic mass is 16.5. The molecule has 3 N–H and O–H groups in total. The fourth-order valence-corrected chi connectivity index (χ4v) is 11.2. The number of rotatable bonds is 29. The summed E-state index contributed by atoms with van der Waals surface area (Å²) < 4.78 is 18.5. The first kappa shape index (κ1) is 58.0. The van der Waals surface area contributed by atoms with Crippen molar-refractivity contribution in [1.29, 1.82) is 0 Å². The van der Waals surface area contributed by atoms with Crippen LogP contribution in [0.5, 0.6) is 0 Å². The van der Waals surface area contributed by atoms with Gasteiger partial charge in [0.1, 0.15) is 18.6 Å². The number of hydrogen-bond donors (Lipinski definition) is 3. The van der Waals surface area contributed by atoms with Gasteiger partial charge < -0.3 is 24.6 Å². The van der Waals surface area contributed by atoms with Crippen molar-refractivity contribution in [2.75, 3.05) is 13.2 Å². The molecule has 1 aromatic rings. The standard InChI is InChI=1S/C57H94N2O8/c1-18-41(19-2)32-33-65-45(38(5)6)35-52(9,10)54(13,14)59-50(63)47-48(51(64)67-37-43-30-26-23-27-31-43)57(47,21-4)55(15,16)58-49(62)44(34-46(61)66-36-42-28-24-22-25-29-42)56(17,20-3)53(11,12)39(7)40(8)60/h22-30,38-39,41,43-45,47-48,50,59,63H,18-21,31-37H2,1-17H3,(H,58,62). The highest BCUT2D eigenvalue weighted by molar-refractivity contribution is 5.86. The van der Waals surface area contributed by atoms with Gasteiger partial charge in [-0.2, -0.15) is 0 Å². The second kappa shape index (κ2) is 24.0. The number of ether oxygens (including phenoxy) is 3. The quantitative estimate of drug-likeness (QED) is 0.0529. The smallest absolute Gasteiger partial charge is 0.310 e. The minimum Gasteiger partial charge on any atom is -0.465 e. The van der Waals surface area contributed by atoms with E-state index in [1.807, 2.05) is 104 Å².